The first-order chi connectivity index (χ1) is 14.1. The molecule has 0 unspecified atom stereocenters. The van der Waals surface area contributed by atoms with Crippen molar-refractivity contribution < 1.29 is 9.59 Å². The molecule has 1 saturated carbocycles. The fourth-order valence-electron chi connectivity index (χ4n) is 4.58. The van der Waals surface area contributed by atoms with Gasteiger partial charge in [-0.05, 0) is 37.7 Å². The van der Waals surface area contributed by atoms with Crippen molar-refractivity contribution in [3.8, 4) is 0 Å². The summed E-state index contributed by atoms with van der Waals surface area (Å²) >= 11 is 0. The highest BCUT2D eigenvalue weighted by Crippen LogP contribution is 2.47. The Hall–Kier alpha value is -1.92. The third-order valence-corrected chi connectivity index (χ3v) is 6.76. The number of rotatable bonds is 7. The molecule has 0 spiro atoms. The molecule has 1 aromatic carbocycles. The largest absolute Gasteiger partial charge is 0.354 e. The van der Waals surface area contributed by atoms with Gasteiger partial charge in [0.2, 0.25) is 11.8 Å². The van der Waals surface area contributed by atoms with Crippen LogP contribution in [0.3, 0.4) is 0 Å². The predicted molar refractivity (Wildman–Crippen MR) is 114 cm³/mol. The van der Waals surface area contributed by atoms with Crippen molar-refractivity contribution in [2.75, 3.05) is 58.9 Å². The summed E-state index contributed by atoms with van der Waals surface area (Å²) in [6.07, 6.45) is 5.83. The molecule has 3 fully saturated rings. The first kappa shape index (κ1) is 20.4. The second kappa shape index (κ2) is 9.26. The number of carbonyl (C=O) groups is 2. The number of nitrogens with one attached hydrogen (secondary N) is 1. The Morgan fingerprint density at radius 2 is 1.45 bits per heavy atom. The van der Waals surface area contributed by atoms with Crippen LogP contribution in [-0.4, -0.2) is 85.4 Å². The molecule has 2 amide bonds. The summed E-state index contributed by atoms with van der Waals surface area (Å²) in [6, 6.07) is 10.5. The van der Waals surface area contributed by atoms with Crippen LogP contribution in [0.4, 0.5) is 0 Å². The highest BCUT2D eigenvalue weighted by Gasteiger charge is 2.44. The maximum absolute atomic E-state index is 12.5. The van der Waals surface area contributed by atoms with Gasteiger partial charge in [-0.3, -0.25) is 19.4 Å². The Morgan fingerprint density at radius 1 is 0.828 bits per heavy atom. The van der Waals surface area contributed by atoms with E-state index >= 15 is 0 Å². The van der Waals surface area contributed by atoms with Crippen molar-refractivity contribution in [1.82, 2.24) is 20.0 Å². The summed E-state index contributed by atoms with van der Waals surface area (Å²) in [5.74, 6) is 0.386. The Balaban J connectivity index is 1.15. The van der Waals surface area contributed by atoms with Crippen LogP contribution in [0, 0.1) is 0 Å². The molecule has 2 saturated heterocycles. The van der Waals surface area contributed by atoms with E-state index in [0.717, 1.165) is 71.5 Å². The van der Waals surface area contributed by atoms with Gasteiger partial charge in [0.05, 0.1) is 13.1 Å². The normalized spacial score (nSPS) is 22.3. The van der Waals surface area contributed by atoms with E-state index in [4.69, 9.17) is 0 Å². The number of likely N-dealkylation sites (tertiary alicyclic amines) is 1. The number of amides is 2. The van der Waals surface area contributed by atoms with Gasteiger partial charge >= 0.3 is 0 Å². The number of nitrogens with zero attached hydrogens (tertiary/aromatic N) is 3. The molecule has 0 atom stereocenters. The van der Waals surface area contributed by atoms with Crippen LogP contribution < -0.4 is 5.32 Å². The van der Waals surface area contributed by atoms with E-state index in [-0.39, 0.29) is 17.2 Å². The number of piperazine rings is 1. The van der Waals surface area contributed by atoms with Gasteiger partial charge in [-0.1, -0.05) is 30.3 Å². The first-order valence-corrected chi connectivity index (χ1v) is 11.2. The quantitative estimate of drug-likeness (QED) is 0.756. The zero-order valence-corrected chi connectivity index (χ0v) is 17.4. The first-order valence-electron chi connectivity index (χ1n) is 11.2. The average Bonchev–Trinajstić information content (AvgIpc) is 3.56. The molecule has 2 heterocycles. The maximum atomic E-state index is 12.5. The molecule has 2 aliphatic heterocycles. The Morgan fingerprint density at radius 3 is 2.07 bits per heavy atom. The van der Waals surface area contributed by atoms with Gasteiger partial charge in [0, 0.05) is 51.2 Å². The number of hydrogen-bond acceptors (Lipinski definition) is 4. The summed E-state index contributed by atoms with van der Waals surface area (Å²) in [6.45, 7) is 6.99. The third-order valence-electron chi connectivity index (χ3n) is 6.76. The fraction of sp³-hybridized carbons (Fsp3) is 0.652. The van der Waals surface area contributed by atoms with E-state index in [0.29, 0.717) is 13.1 Å². The van der Waals surface area contributed by atoms with Crippen molar-refractivity contribution >= 4 is 11.8 Å². The molecule has 6 heteroatoms. The highest BCUT2D eigenvalue weighted by atomic mass is 16.2. The van der Waals surface area contributed by atoms with E-state index in [1.807, 2.05) is 11.0 Å². The van der Waals surface area contributed by atoms with Crippen LogP contribution >= 0.6 is 0 Å². The summed E-state index contributed by atoms with van der Waals surface area (Å²) in [4.78, 5) is 31.4. The second-order valence-corrected chi connectivity index (χ2v) is 8.92. The van der Waals surface area contributed by atoms with E-state index in [1.54, 1.807) is 0 Å². The van der Waals surface area contributed by atoms with Gasteiger partial charge in [-0.2, -0.15) is 0 Å². The fourth-order valence-corrected chi connectivity index (χ4v) is 4.58. The van der Waals surface area contributed by atoms with Gasteiger partial charge in [0.15, 0.2) is 0 Å². The smallest absolute Gasteiger partial charge is 0.236 e. The van der Waals surface area contributed by atoms with E-state index in [2.05, 4.69) is 39.4 Å². The lowest BCUT2D eigenvalue weighted by Gasteiger charge is -2.35. The second-order valence-electron chi connectivity index (χ2n) is 8.92. The van der Waals surface area contributed by atoms with E-state index < -0.39 is 0 Å². The summed E-state index contributed by atoms with van der Waals surface area (Å²) in [5.41, 5.74) is 1.50. The van der Waals surface area contributed by atoms with Crippen molar-refractivity contribution in [2.24, 2.45) is 0 Å². The van der Waals surface area contributed by atoms with Crippen LogP contribution in [0.15, 0.2) is 30.3 Å². The minimum Gasteiger partial charge on any atom is -0.354 e. The topological polar surface area (TPSA) is 55.9 Å². The lowest BCUT2D eigenvalue weighted by atomic mass is 9.96. The molecule has 0 aromatic heterocycles. The molecule has 1 N–H and O–H groups in total. The molecule has 0 radical (unpaired) electrons. The monoisotopic (exact) mass is 398 g/mol. The number of piperidine rings is 1. The number of benzene rings is 1. The molecule has 4 rings (SSSR count). The maximum Gasteiger partial charge on any atom is 0.236 e. The summed E-state index contributed by atoms with van der Waals surface area (Å²) in [5, 5.41) is 3.16. The minimum atomic E-state index is 0.116. The standard InChI is InChI=1S/C23H34N4O2/c28-21(24-19-23(9-10-23)20-7-3-1-4-8-20)17-25-13-15-26(16-14-25)18-22(29)27-11-5-2-6-12-27/h1,3-4,7-8H,2,5-6,9-19H2,(H,24,28). The molecule has 3 aliphatic rings. The Bertz CT molecular complexity index is 690. The average molecular weight is 399 g/mol. The molecule has 158 valence electrons. The Labute approximate surface area is 174 Å². The van der Waals surface area contributed by atoms with Crippen molar-refractivity contribution in [2.45, 2.75) is 37.5 Å². The molecular weight excluding hydrogens is 364 g/mol. The summed E-state index contributed by atoms with van der Waals surface area (Å²) < 4.78 is 0. The molecular formula is C23H34N4O2. The summed E-state index contributed by atoms with van der Waals surface area (Å²) in [7, 11) is 0. The van der Waals surface area contributed by atoms with Gasteiger partial charge in [-0.15, -0.1) is 0 Å². The van der Waals surface area contributed by atoms with Crippen LogP contribution in [0.1, 0.15) is 37.7 Å². The predicted octanol–water partition coefficient (Wildman–Crippen LogP) is 1.46. The zero-order chi connectivity index (χ0) is 20.1. The molecule has 6 nitrogen and oxygen atoms in total. The van der Waals surface area contributed by atoms with Crippen molar-refractivity contribution in [3.63, 3.8) is 0 Å². The highest BCUT2D eigenvalue weighted by molar-refractivity contribution is 5.79. The van der Waals surface area contributed by atoms with Crippen molar-refractivity contribution in [3.05, 3.63) is 35.9 Å². The van der Waals surface area contributed by atoms with E-state index in [9.17, 15) is 9.59 Å². The molecule has 1 aromatic rings. The number of hydrogen-bond donors (Lipinski definition) is 1. The zero-order valence-electron chi connectivity index (χ0n) is 17.4. The van der Waals surface area contributed by atoms with Gasteiger partial charge in [-0.25, -0.2) is 0 Å². The van der Waals surface area contributed by atoms with Crippen LogP contribution in [0.2, 0.25) is 0 Å². The van der Waals surface area contributed by atoms with Crippen LogP contribution in [0.25, 0.3) is 0 Å². The van der Waals surface area contributed by atoms with Crippen LogP contribution in [0.5, 0.6) is 0 Å². The third kappa shape index (κ3) is 5.37. The van der Waals surface area contributed by atoms with Gasteiger partial charge < -0.3 is 10.2 Å². The van der Waals surface area contributed by atoms with Gasteiger partial charge in [0.25, 0.3) is 0 Å². The lowest BCUT2D eigenvalue weighted by Crippen LogP contribution is -2.52. The molecule has 29 heavy (non-hydrogen) atoms. The van der Waals surface area contributed by atoms with E-state index in [1.165, 1.54) is 12.0 Å². The number of carbonyl (C=O) groups excluding carboxylic acids is 2. The Kier molecular flexibility index (Phi) is 6.50. The molecule has 1 aliphatic carbocycles. The van der Waals surface area contributed by atoms with Gasteiger partial charge in [0.1, 0.15) is 0 Å². The lowest BCUT2D eigenvalue weighted by molar-refractivity contribution is -0.134. The molecule has 0 bridgehead atoms. The minimum absolute atomic E-state index is 0.116. The van der Waals surface area contributed by atoms with Crippen molar-refractivity contribution in [1.29, 1.82) is 0 Å². The SMILES string of the molecule is O=C(CN1CCN(CC(=O)N2CCCCC2)CC1)NCC1(c2ccccc2)CC1. The van der Waals surface area contributed by atoms with Crippen LogP contribution in [-0.2, 0) is 15.0 Å².